The number of nitro groups is 1. The second-order valence-corrected chi connectivity index (χ2v) is 20.0. The number of sulfonamides is 1. The summed E-state index contributed by atoms with van der Waals surface area (Å²) in [6.45, 7) is 9.00. The molecule has 326 valence electrons. The van der Waals surface area contributed by atoms with E-state index in [0.717, 1.165) is 112 Å². The van der Waals surface area contributed by atoms with Crippen LogP contribution in [0, 0.1) is 15.5 Å². The number of halogens is 1. The molecule has 13 nitrogen and oxygen atoms in total. The number of amides is 1. The van der Waals surface area contributed by atoms with E-state index in [2.05, 4.69) is 50.8 Å². The van der Waals surface area contributed by atoms with Gasteiger partial charge in [0.25, 0.3) is 21.6 Å². The van der Waals surface area contributed by atoms with Crippen LogP contribution in [0.5, 0.6) is 11.5 Å². The van der Waals surface area contributed by atoms with Crippen molar-refractivity contribution >= 4 is 61.1 Å². The summed E-state index contributed by atoms with van der Waals surface area (Å²) >= 11 is 6.24. The number of carbonyl (C=O) groups excluding carboxylic acids is 1. The van der Waals surface area contributed by atoms with Crippen molar-refractivity contribution in [3.05, 3.63) is 123 Å². The quantitative estimate of drug-likeness (QED) is 0.0658. The highest BCUT2D eigenvalue weighted by Crippen LogP contribution is 2.43. The molecule has 0 unspecified atom stereocenters. The lowest BCUT2D eigenvalue weighted by Crippen LogP contribution is -2.47. The summed E-state index contributed by atoms with van der Waals surface area (Å²) in [7, 11) is -4.56. The monoisotopic (exact) mass is 879 g/mol. The Kier molecular flexibility index (Phi) is 12.4. The van der Waals surface area contributed by atoms with Crippen LogP contribution in [0.15, 0.2) is 102 Å². The summed E-state index contributed by atoms with van der Waals surface area (Å²) in [6.07, 6.45) is 9.68. The zero-order valence-electron chi connectivity index (χ0n) is 35.2. The van der Waals surface area contributed by atoms with Gasteiger partial charge in [0.15, 0.2) is 0 Å². The summed E-state index contributed by atoms with van der Waals surface area (Å²) < 4.78 is 36.0. The molecule has 1 saturated carbocycles. The molecule has 2 fully saturated rings. The minimum atomic E-state index is -4.56. The molecule has 8 rings (SSSR count). The van der Waals surface area contributed by atoms with Crippen molar-refractivity contribution in [1.82, 2.24) is 14.6 Å². The van der Waals surface area contributed by atoms with E-state index in [1.165, 1.54) is 28.8 Å². The van der Waals surface area contributed by atoms with Gasteiger partial charge in [0.2, 0.25) is 0 Å². The van der Waals surface area contributed by atoms with E-state index >= 15 is 0 Å². The number of rotatable bonds is 13. The molecule has 4 aromatic carbocycles. The number of piperazine rings is 1. The number of nitro benzene ring substituents is 1. The molecule has 2 heterocycles. The van der Waals surface area contributed by atoms with Crippen LogP contribution in [0.4, 0.5) is 17.1 Å². The number of hydrogen-bond acceptors (Lipinski definition) is 10. The van der Waals surface area contributed by atoms with Crippen molar-refractivity contribution in [3.63, 3.8) is 0 Å². The molecule has 1 aliphatic heterocycles. The number of H-pyrrole nitrogens is 1. The Morgan fingerprint density at radius 1 is 0.935 bits per heavy atom. The number of aromatic amines is 1. The summed E-state index contributed by atoms with van der Waals surface area (Å²) in [5.74, 6) is -0.312. The van der Waals surface area contributed by atoms with Crippen LogP contribution < -0.4 is 25.4 Å². The standard InChI is InChI=1S/C47H54ClN7O6S/c1-46(2)20-16-34(40(29-46)32-6-8-35(48)9-7-32)30-53-22-24-54(25-23-53)36-10-13-39(44(27-36)61-37-11-14-41-33(26-37)17-21-50-41)45(56)52-62(59,60)38-12-15-42(43(28-38)55(57)58)51-31-47(49)18-4-3-5-19-47/h6-15,17,21,26-28,50-51H,3-5,16,18-20,22-25,29-31,49H2,1-2H3,(H,52,56). The zero-order valence-corrected chi connectivity index (χ0v) is 36.8. The largest absolute Gasteiger partial charge is 0.456 e. The summed E-state index contributed by atoms with van der Waals surface area (Å²) in [4.78, 5) is 32.9. The molecule has 15 heteroatoms. The van der Waals surface area contributed by atoms with E-state index in [-0.39, 0.29) is 22.4 Å². The van der Waals surface area contributed by atoms with E-state index in [4.69, 9.17) is 22.1 Å². The Hall–Kier alpha value is -5.41. The third kappa shape index (κ3) is 9.94. The lowest BCUT2D eigenvalue weighted by molar-refractivity contribution is -0.384. The predicted molar refractivity (Wildman–Crippen MR) is 246 cm³/mol. The molecule has 2 aliphatic carbocycles. The van der Waals surface area contributed by atoms with Gasteiger partial charge in [-0.3, -0.25) is 19.8 Å². The van der Waals surface area contributed by atoms with Crippen LogP contribution in [0.3, 0.4) is 0 Å². The number of fused-ring (bicyclic) bond motifs is 1. The molecule has 0 spiro atoms. The molecule has 0 radical (unpaired) electrons. The molecule has 3 aliphatic rings. The number of benzene rings is 4. The van der Waals surface area contributed by atoms with E-state index < -0.39 is 37.0 Å². The number of nitrogens with two attached hydrogens (primary N) is 1. The van der Waals surface area contributed by atoms with Crippen molar-refractivity contribution in [1.29, 1.82) is 0 Å². The summed E-state index contributed by atoms with van der Waals surface area (Å²) in [6, 6.07) is 24.2. The van der Waals surface area contributed by atoms with Gasteiger partial charge in [-0.05, 0) is 109 Å². The smallest absolute Gasteiger partial charge is 0.293 e. The van der Waals surface area contributed by atoms with Crippen LogP contribution >= 0.6 is 11.6 Å². The predicted octanol–water partition coefficient (Wildman–Crippen LogP) is 9.50. The maximum atomic E-state index is 14.0. The Morgan fingerprint density at radius 3 is 2.44 bits per heavy atom. The number of anilines is 2. The minimum absolute atomic E-state index is 0.0134. The van der Waals surface area contributed by atoms with Crippen LogP contribution in [0.25, 0.3) is 16.5 Å². The zero-order chi connectivity index (χ0) is 43.6. The average molecular weight is 881 g/mol. The molecular formula is C47H54ClN7O6S. The molecule has 62 heavy (non-hydrogen) atoms. The molecule has 0 atom stereocenters. The van der Waals surface area contributed by atoms with Crippen molar-refractivity contribution in [2.45, 2.75) is 75.6 Å². The van der Waals surface area contributed by atoms with Gasteiger partial charge in [-0.25, -0.2) is 13.1 Å². The fourth-order valence-corrected chi connectivity index (χ4v) is 10.1. The molecular weight excluding hydrogens is 826 g/mol. The first-order chi connectivity index (χ1) is 29.6. The maximum Gasteiger partial charge on any atom is 0.293 e. The highest BCUT2D eigenvalue weighted by atomic mass is 35.5. The summed E-state index contributed by atoms with van der Waals surface area (Å²) in [5.41, 5.74) is 11.8. The first-order valence-electron chi connectivity index (χ1n) is 21.4. The Labute approximate surface area is 367 Å². The van der Waals surface area contributed by atoms with Crippen molar-refractivity contribution in [2.75, 3.05) is 49.5 Å². The van der Waals surface area contributed by atoms with Crippen LogP contribution in [-0.4, -0.2) is 73.9 Å². The number of allylic oxidation sites excluding steroid dienone is 1. The van der Waals surface area contributed by atoms with E-state index in [1.807, 2.05) is 36.5 Å². The van der Waals surface area contributed by atoms with Crippen LogP contribution in [0.1, 0.15) is 81.1 Å². The van der Waals surface area contributed by atoms with Gasteiger partial charge in [0.1, 0.15) is 17.2 Å². The Bertz CT molecular complexity index is 2610. The summed E-state index contributed by atoms with van der Waals surface area (Å²) in [5, 5.41) is 16.9. The number of nitrogens with zero attached hydrogens (tertiary/aromatic N) is 3. The minimum Gasteiger partial charge on any atom is -0.456 e. The molecule has 5 aromatic rings. The lowest BCUT2D eigenvalue weighted by Gasteiger charge is -2.39. The highest BCUT2D eigenvalue weighted by Gasteiger charge is 2.32. The Morgan fingerprint density at radius 2 is 1.69 bits per heavy atom. The van der Waals surface area contributed by atoms with E-state index in [9.17, 15) is 23.3 Å². The first kappa shape index (κ1) is 43.2. The van der Waals surface area contributed by atoms with Crippen molar-refractivity contribution < 1.29 is 22.9 Å². The number of aromatic nitrogens is 1. The Balaban J connectivity index is 1.01. The molecule has 1 amide bonds. The molecule has 0 bridgehead atoms. The highest BCUT2D eigenvalue weighted by molar-refractivity contribution is 7.90. The first-order valence-corrected chi connectivity index (χ1v) is 23.2. The lowest BCUT2D eigenvalue weighted by atomic mass is 9.72. The number of nitrogens with one attached hydrogen (secondary N) is 3. The van der Waals surface area contributed by atoms with Gasteiger partial charge in [-0.15, -0.1) is 0 Å². The fraction of sp³-hybridized carbons (Fsp3) is 0.383. The van der Waals surface area contributed by atoms with E-state index in [1.54, 1.807) is 24.3 Å². The van der Waals surface area contributed by atoms with Gasteiger partial charge in [0.05, 0.1) is 15.4 Å². The number of hydrogen-bond donors (Lipinski definition) is 4. The van der Waals surface area contributed by atoms with Crippen LogP contribution in [-0.2, 0) is 10.0 Å². The van der Waals surface area contributed by atoms with Gasteiger partial charge >= 0.3 is 0 Å². The SMILES string of the molecule is CC1(C)CCC(CN2CCN(c3ccc(C(=O)NS(=O)(=O)c4ccc(NCC5(N)CCCCC5)c([N+](=O)[O-])c4)c(Oc4ccc5[nH]ccc5c4)c3)CC2)=C(c2ccc(Cl)cc2)C1. The second-order valence-electron chi connectivity index (χ2n) is 17.8. The normalized spacial score (nSPS) is 18.1. The second kappa shape index (κ2) is 17.8. The molecule has 5 N–H and O–H groups in total. The maximum absolute atomic E-state index is 14.0. The average Bonchev–Trinajstić information content (AvgIpc) is 3.72. The number of carbonyl (C=O) groups is 1. The fourth-order valence-electron chi connectivity index (χ4n) is 9.02. The third-order valence-corrected chi connectivity index (χ3v) is 14.3. The molecule has 1 aromatic heterocycles. The van der Waals surface area contributed by atoms with Gasteiger partial charge < -0.3 is 25.7 Å². The van der Waals surface area contributed by atoms with Crippen molar-refractivity contribution in [3.8, 4) is 11.5 Å². The third-order valence-electron chi connectivity index (χ3n) is 12.7. The van der Waals surface area contributed by atoms with Gasteiger partial charge in [0, 0.05) is 84.7 Å². The van der Waals surface area contributed by atoms with Gasteiger partial charge in [-0.1, -0.05) is 62.4 Å². The topological polar surface area (TPSA) is 176 Å². The van der Waals surface area contributed by atoms with Crippen LogP contribution in [0.2, 0.25) is 5.02 Å². The number of ether oxygens (including phenoxy) is 1. The van der Waals surface area contributed by atoms with Crippen molar-refractivity contribution in [2.24, 2.45) is 11.1 Å². The van der Waals surface area contributed by atoms with E-state index in [0.29, 0.717) is 12.3 Å². The van der Waals surface area contributed by atoms with Gasteiger partial charge in [-0.2, -0.15) is 0 Å². The molecule has 1 saturated heterocycles.